The van der Waals surface area contributed by atoms with E-state index in [4.69, 9.17) is 4.74 Å². The summed E-state index contributed by atoms with van der Waals surface area (Å²) in [5, 5.41) is 0. The predicted octanol–water partition coefficient (Wildman–Crippen LogP) is 9.44. The molecule has 0 aromatic heterocycles. The maximum Gasteiger partial charge on any atom is 0.191 e. The van der Waals surface area contributed by atoms with Gasteiger partial charge in [0.15, 0.2) is 17.4 Å². The van der Waals surface area contributed by atoms with Crippen molar-refractivity contribution in [1.82, 2.24) is 0 Å². The normalized spacial score (nSPS) is 19.7. The number of halogens is 2. The zero-order valence-corrected chi connectivity index (χ0v) is 20.1. The molecule has 1 aliphatic carbocycles. The molecule has 1 fully saturated rings. The predicted molar refractivity (Wildman–Crippen MR) is 130 cm³/mol. The topological polar surface area (TPSA) is 9.23 Å². The van der Waals surface area contributed by atoms with E-state index in [1.54, 1.807) is 0 Å². The first-order chi connectivity index (χ1) is 15.5. The third kappa shape index (κ3) is 6.80. The van der Waals surface area contributed by atoms with Crippen LogP contribution in [-0.2, 0) is 0 Å². The van der Waals surface area contributed by atoms with Crippen molar-refractivity contribution in [3.05, 3.63) is 53.6 Å². The quantitative estimate of drug-likeness (QED) is 0.315. The van der Waals surface area contributed by atoms with Crippen LogP contribution in [0.25, 0.3) is 11.1 Å². The summed E-state index contributed by atoms with van der Waals surface area (Å²) in [5.74, 6) is -0.00357. The molecule has 2 aromatic carbocycles. The number of hydrogen-bond donors (Lipinski definition) is 0. The van der Waals surface area contributed by atoms with Crippen LogP contribution in [0.1, 0.15) is 103 Å². The Morgan fingerprint density at radius 1 is 0.844 bits per heavy atom. The minimum atomic E-state index is -0.626. The minimum Gasteiger partial charge on any atom is -0.485 e. The van der Waals surface area contributed by atoms with Crippen LogP contribution in [-0.4, -0.2) is 6.10 Å². The van der Waals surface area contributed by atoms with Crippen molar-refractivity contribution in [1.29, 1.82) is 0 Å². The maximum absolute atomic E-state index is 14.7. The Kier molecular flexibility index (Phi) is 9.56. The van der Waals surface area contributed by atoms with E-state index < -0.39 is 11.6 Å². The largest absolute Gasteiger partial charge is 0.485 e. The van der Waals surface area contributed by atoms with Gasteiger partial charge in [0, 0.05) is 0 Å². The molecule has 3 heteroatoms. The highest BCUT2D eigenvalue weighted by Crippen LogP contribution is 2.38. The number of unbranched alkanes of at least 4 members (excludes halogenated alkanes) is 3. The lowest BCUT2D eigenvalue weighted by Gasteiger charge is -2.28. The molecule has 0 amide bonds. The van der Waals surface area contributed by atoms with Crippen molar-refractivity contribution in [3.8, 4) is 16.9 Å². The van der Waals surface area contributed by atoms with E-state index in [2.05, 4.69) is 26.0 Å². The van der Waals surface area contributed by atoms with Gasteiger partial charge in [-0.25, -0.2) is 8.78 Å². The molecule has 0 bridgehead atoms. The lowest BCUT2D eigenvalue weighted by atomic mass is 9.77. The molecule has 3 rings (SSSR count). The van der Waals surface area contributed by atoms with Gasteiger partial charge in [0.25, 0.3) is 0 Å². The fourth-order valence-electron chi connectivity index (χ4n) is 5.10. The Morgan fingerprint density at radius 2 is 1.50 bits per heavy atom. The monoisotopic (exact) mass is 442 g/mol. The molecule has 0 saturated heterocycles. The average Bonchev–Trinajstić information content (AvgIpc) is 2.80. The molecule has 32 heavy (non-hydrogen) atoms. The van der Waals surface area contributed by atoms with Gasteiger partial charge < -0.3 is 4.74 Å². The van der Waals surface area contributed by atoms with Gasteiger partial charge in [-0.2, -0.15) is 0 Å². The summed E-state index contributed by atoms with van der Waals surface area (Å²) in [5.41, 5.74) is 2.74. The Bertz CT molecular complexity index is 799. The third-order valence-corrected chi connectivity index (χ3v) is 7.04. The van der Waals surface area contributed by atoms with E-state index in [1.165, 1.54) is 69.1 Å². The summed E-state index contributed by atoms with van der Waals surface area (Å²) >= 11 is 0. The molecular formula is C29H40F2O. The van der Waals surface area contributed by atoms with Crippen molar-refractivity contribution in [2.45, 2.75) is 103 Å². The molecule has 0 heterocycles. The second kappa shape index (κ2) is 12.4. The maximum atomic E-state index is 14.7. The van der Waals surface area contributed by atoms with Crippen LogP contribution in [0.3, 0.4) is 0 Å². The van der Waals surface area contributed by atoms with Crippen LogP contribution in [0.15, 0.2) is 36.4 Å². The first-order valence-electron chi connectivity index (χ1n) is 12.8. The van der Waals surface area contributed by atoms with Crippen LogP contribution in [0.5, 0.6) is 5.75 Å². The van der Waals surface area contributed by atoms with Gasteiger partial charge in [-0.1, -0.05) is 70.2 Å². The second-order valence-electron chi connectivity index (χ2n) is 9.68. The summed E-state index contributed by atoms with van der Waals surface area (Å²) in [6, 6.07) is 11.1. The van der Waals surface area contributed by atoms with Crippen molar-refractivity contribution >= 4 is 0 Å². The van der Waals surface area contributed by atoms with Crippen LogP contribution in [0.2, 0.25) is 0 Å². The number of ether oxygens (including phenoxy) is 1. The van der Waals surface area contributed by atoms with Gasteiger partial charge in [-0.15, -0.1) is 0 Å². The van der Waals surface area contributed by atoms with E-state index in [0.29, 0.717) is 11.5 Å². The summed E-state index contributed by atoms with van der Waals surface area (Å²) in [6.07, 6.45) is 12.8. The Balaban J connectivity index is 1.62. The van der Waals surface area contributed by atoms with Crippen LogP contribution >= 0.6 is 0 Å². The van der Waals surface area contributed by atoms with Gasteiger partial charge in [-0.05, 0) is 86.1 Å². The Hall–Kier alpha value is -1.90. The van der Waals surface area contributed by atoms with Gasteiger partial charge in [-0.3, -0.25) is 0 Å². The summed E-state index contributed by atoms with van der Waals surface area (Å²) < 4.78 is 35.0. The van der Waals surface area contributed by atoms with Gasteiger partial charge in [0.2, 0.25) is 0 Å². The van der Waals surface area contributed by atoms with Crippen molar-refractivity contribution in [2.24, 2.45) is 5.92 Å². The molecule has 176 valence electrons. The van der Waals surface area contributed by atoms with E-state index >= 15 is 0 Å². The zero-order valence-electron chi connectivity index (χ0n) is 20.1. The smallest absolute Gasteiger partial charge is 0.191 e. The molecule has 0 aliphatic heterocycles. The highest BCUT2D eigenvalue weighted by molar-refractivity contribution is 5.65. The average molecular weight is 443 g/mol. The van der Waals surface area contributed by atoms with E-state index in [0.717, 1.165) is 30.7 Å². The molecule has 1 atom stereocenters. The molecule has 1 unspecified atom stereocenters. The lowest BCUT2D eigenvalue weighted by Crippen LogP contribution is -2.13. The summed E-state index contributed by atoms with van der Waals surface area (Å²) in [7, 11) is 0. The van der Waals surface area contributed by atoms with Gasteiger partial charge in [0.05, 0.1) is 6.10 Å². The Labute approximate surface area is 193 Å². The highest BCUT2D eigenvalue weighted by Gasteiger charge is 2.22. The number of benzene rings is 2. The fraction of sp³-hybridized carbons (Fsp3) is 0.586. The van der Waals surface area contributed by atoms with E-state index in [9.17, 15) is 8.78 Å². The number of hydrogen-bond acceptors (Lipinski definition) is 1. The third-order valence-electron chi connectivity index (χ3n) is 7.04. The van der Waals surface area contributed by atoms with Crippen LogP contribution in [0, 0.1) is 17.6 Å². The highest BCUT2D eigenvalue weighted by atomic mass is 19.1. The van der Waals surface area contributed by atoms with Gasteiger partial charge >= 0.3 is 0 Å². The van der Waals surface area contributed by atoms with Crippen molar-refractivity contribution in [3.63, 3.8) is 0 Å². The summed E-state index contributed by atoms with van der Waals surface area (Å²) in [6.45, 7) is 6.32. The molecule has 1 saturated carbocycles. The zero-order chi connectivity index (χ0) is 22.9. The first kappa shape index (κ1) is 24.7. The summed E-state index contributed by atoms with van der Waals surface area (Å²) in [4.78, 5) is 0. The SMILES string of the molecule is CCCCCCC(C)Oc1c(F)cc(-c2ccc(C3CCC(CCC)CC3)cc2)cc1F. The fourth-order valence-corrected chi connectivity index (χ4v) is 5.10. The van der Waals surface area contributed by atoms with Crippen LogP contribution in [0.4, 0.5) is 8.78 Å². The van der Waals surface area contributed by atoms with Crippen LogP contribution < -0.4 is 4.74 Å². The molecular weight excluding hydrogens is 402 g/mol. The second-order valence-corrected chi connectivity index (χ2v) is 9.68. The molecule has 1 aliphatic rings. The van der Waals surface area contributed by atoms with Crippen molar-refractivity contribution in [2.75, 3.05) is 0 Å². The van der Waals surface area contributed by atoms with E-state index in [-0.39, 0.29) is 11.9 Å². The molecule has 0 radical (unpaired) electrons. The van der Waals surface area contributed by atoms with Gasteiger partial charge in [0.1, 0.15) is 0 Å². The first-order valence-corrected chi connectivity index (χ1v) is 12.8. The lowest BCUT2D eigenvalue weighted by molar-refractivity contribution is 0.188. The molecule has 2 aromatic rings. The number of rotatable bonds is 11. The molecule has 1 nitrogen and oxygen atoms in total. The standard InChI is InChI=1S/C29H40F2O/c1-4-6-7-8-10-21(3)32-29-27(30)19-26(20-28(29)31)25-17-15-24(16-18-25)23-13-11-22(9-5-2)12-14-23/h15-23H,4-14H2,1-3H3. The molecule has 0 spiro atoms. The van der Waals surface area contributed by atoms with Crippen molar-refractivity contribution < 1.29 is 13.5 Å². The Morgan fingerprint density at radius 3 is 2.09 bits per heavy atom. The van der Waals surface area contributed by atoms with E-state index in [1.807, 2.05) is 19.1 Å². The minimum absolute atomic E-state index is 0.201. The molecule has 0 N–H and O–H groups in total.